The molecule has 216 valence electrons. The van der Waals surface area contributed by atoms with Gasteiger partial charge in [-0.05, 0) is 88.5 Å². The van der Waals surface area contributed by atoms with Gasteiger partial charge < -0.3 is 15.1 Å². The third-order valence-electron chi connectivity index (χ3n) is 8.16. The van der Waals surface area contributed by atoms with Crippen molar-refractivity contribution in [1.82, 2.24) is 14.7 Å². The number of anilines is 1. The van der Waals surface area contributed by atoms with Gasteiger partial charge in [-0.3, -0.25) is 9.69 Å². The van der Waals surface area contributed by atoms with Gasteiger partial charge in [0.1, 0.15) is 0 Å². The zero-order valence-corrected chi connectivity index (χ0v) is 23.9. The molecule has 4 rings (SSSR count). The summed E-state index contributed by atoms with van der Waals surface area (Å²) in [5, 5.41) is 2.13. The molecule has 6 nitrogen and oxygen atoms in total. The average molecular weight is 577 g/mol. The van der Waals surface area contributed by atoms with Crippen LogP contribution in [0.15, 0.2) is 48.0 Å². The van der Waals surface area contributed by atoms with Crippen LogP contribution in [0, 0.1) is 0 Å². The molecule has 0 atom stereocenters. The first-order valence-corrected chi connectivity index (χ1v) is 14.0. The smallest absolute Gasteiger partial charge is 0.324 e. The van der Waals surface area contributed by atoms with Crippen LogP contribution in [0.1, 0.15) is 66.4 Å². The number of carbonyl (C=O) groups excluding carboxylic acids is 2. The lowest BCUT2D eigenvalue weighted by atomic mass is 9.86. The average Bonchev–Trinajstić information content (AvgIpc) is 2.93. The molecule has 2 aliphatic rings. The Balaban J connectivity index is 1.34. The van der Waals surface area contributed by atoms with Gasteiger partial charge in [0.25, 0.3) is 5.91 Å². The van der Waals surface area contributed by atoms with Gasteiger partial charge in [-0.15, -0.1) is 0 Å². The molecule has 0 radical (unpaired) electrons. The minimum Gasteiger partial charge on any atom is -0.324 e. The molecule has 1 aliphatic carbocycles. The number of carbonyl (C=O) groups is 2. The maximum atomic E-state index is 13.3. The van der Waals surface area contributed by atoms with Crippen molar-refractivity contribution in [3.05, 3.63) is 69.8 Å². The van der Waals surface area contributed by atoms with Crippen LogP contribution >= 0.6 is 11.6 Å². The van der Waals surface area contributed by atoms with E-state index in [1.165, 1.54) is 18.1 Å². The van der Waals surface area contributed by atoms with Crippen LogP contribution in [0.5, 0.6) is 0 Å². The fourth-order valence-corrected chi connectivity index (χ4v) is 5.93. The summed E-state index contributed by atoms with van der Waals surface area (Å²) < 4.78 is 39.4. The zero-order valence-electron chi connectivity index (χ0n) is 23.2. The fourth-order valence-electron chi connectivity index (χ4n) is 5.71. The van der Waals surface area contributed by atoms with Crippen molar-refractivity contribution in [2.75, 3.05) is 39.5 Å². The summed E-state index contributed by atoms with van der Waals surface area (Å²) in [5.41, 5.74) is 1.60. The van der Waals surface area contributed by atoms with Gasteiger partial charge in [-0.25, -0.2) is 4.79 Å². The highest BCUT2D eigenvalue weighted by Crippen LogP contribution is 2.37. The van der Waals surface area contributed by atoms with Gasteiger partial charge in [-0.1, -0.05) is 41.8 Å². The number of benzene rings is 2. The molecule has 3 amide bonds. The van der Waals surface area contributed by atoms with E-state index in [4.69, 9.17) is 11.6 Å². The first-order chi connectivity index (χ1) is 18.9. The Labute approximate surface area is 238 Å². The second-order valence-electron chi connectivity index (χ2n) is 10.8. The summed E-state index contributed by atoms with van der Waals surface area (Å²) in [7, 11) is 5.98. The van der Waals surface area contributed by atoms with Gasteiger partial charge in [0, 0.05) is 31.4 Å². The molecule has 1 N–H and O–H groups in total. The minimum absolute atomic E-state index is 0.0113. The third-order valence-corrected chi connectivity index (χ3v) is 8.49. The number of alkyl halides is 3. The normalized spacial score (nSPS) is 17.5. The van der Waals surface area contributed by atoms with Gasteiger partial charge in [0.15, 0.2) is 0 Å². The number of amides is 3. The SMILES string of the molecule is CN(C)C1(N(C)C(=O)c2ccc(C=C3CCN(C(=O)Nc4ccc(Cl)c(C(F)(F)F)c4)CC3)cc2)CCCCC1. The standard InChI is InChI=1S/C30H36ClF3N4O2/c1-36(2)29(15-5-4-6-16-29)37(3)27(39)23-9-7-21(8-10-23)19-22-13-17-38(18-14-22)28(40)35-24-11-12-26(31)25(20-24)30(32,33)34/h7-12,19-20H,4-6,13-18H2,1-3H3,(H,35,40). The van der Waals surface area contributed by atoms with E-state index in [0.717, 1.165) is 43.4 Å². The van der Waals surface area contributed by atoms with Crippen LogP contribution in [0.25, 0.3) is 6.08 Å². The number of hydrogen-bond donors (Lipinski definition) is 1. The number of likely N-dealkylation sites (tertiary alicyclic amines) is 1. The van der Waals surface area contributed by atoms with Crippen molar-refractivity contribution in [2.24, 2.45) is 0 Å². The monoisotopic (exact) mass is 576 g/mol. The molecule has 0 aromatic heterocycles. The van der Waals surface area contributed by atoms with Crippen LogP contribution in [-0.2, 0) is 6.18 Å². The molecular formula is C30H36ClF3N4O2. The Kier molecular flexibility index (Phi) is 9.15. The summed E-state index contributed by atoms with van der Waals surface area (Å²) in [6.45, 7) is 0.900. The minimum atomic E-state index is -4.60. The Morgan fingerprint density at radius 2 is 1.60 bits per heavy atom. The quantitative estimate of drug-likeness (QED) is 0.378. The molecule has 2 aromatic rings. The van der Waals surface area contributed by atoms with Gasteiger partial charge in [-0.2, -0.15) is 13.2 Å². The third kappa shape index (κ3) is 6.63. The van der Waals surface area contributed by atoms with Crippen LogP contribution in [0.4, 0.5) is 23.7 Å². The van der Waals surface area contributed by atoms with Crippen molar-refractivity contribution >= 4 is 35.3 Å². The molecule has 40 heavy (non-hydrogen) atoms. The fraction of sp³-hybridized carbons (Fsp3) is 0.467. The summed E-state index contributed by atoms with van der Waals surface area (Å²) >= 11 is 5.67. The lowest BCUT2D eigenvalue weighted by Crippen LogP contribution is -2.59. The lowest BCUT2D eigenvalue weighted by Gasteiger charge is -2.49. The Morgan fingerprint density at radius 1 is 0.975 bits per heavy atom. The number of piperidine rings is 1. The molecule has 1 heterocycles. The molecule has 0 unspecified atom stereocenters. The van der Waals surface area contributed by atoms with Crippen LogP contribution in [-0.4, -0.2) is 66.5 Å². The van der Waals surface area contributed by atoms with Gasteiger partial charge >= 0.3 is 12.2 Å². The van der Waals surface area contributed by atoms with Crippen molar-refractivity contribution in [2.45, 2.75) is 56.8 Å². The lowest BCUT2D eigenvalue weighted by molar-refractivity contribution is -0.137. The zero-order chi connectivity index (χ0) is 29.1. The van der Waals surface area contributed by atoms with Gasteiger partial charge in [0.05, 0.1) is 16.2 Å². The molecule has 2 fully saturated rings. The summed E-state index contributed by atoms with van der Waals surface area (Å²) in [6, 6.07) is 10.5. The topological polar surface area (TPSA) is 55.9 Å². The van der Waals surface area contributed by atoms with Crippen LogP contribution in [0.2, 0.25) is 5.02 Å². The highest BCUT2D eigenvalue weighted by Gasteiger charge is 2.40. The number of nitrogens with zero attached hydrogens (tertiary/aromatic N) is 3. The molecule has 0 bridgehead atoms. The van der Waals surface area contributed by atoms with E-state index in [9.17, 15) is 22.8 Å². The maximum absolute atomic E-state index is 13.3. The number of nitrogens with one attached hydrogen (secondary N) is 1. The predicted octanol–water partition coefficient (Wildman–Crippen LogP) is 7.36. The van der Waals surface area contributed by atoms with Gasteiger partial charge in [0.2, 0.25) is 0 Å². The second kappa shape index (κ2) is 12.2. The number of hydrogen-bond acceptors (Lipinski definition) is 3. The van der Waals surface area contributed by atoms with Crippen molar-refractivity contribution < 1.29 is 22.8 Å². The molecule has 1 saturated heterocycles. The van der Waals surface area contributed by atoms with Crippen molar-refractivity contribution in [3.63, 3.8) is 0 Å². The predicted molar refractivity (Wildman–Crippen MR) is 152 cm³/mol. The molecule has 1 saturated carbocycles. The largest absolute Gasteiger partial charge is 0.417 e. The summed E-state index contributed by atoms with van der Waals surface area (Å²) in [6.07, 6.45) is 4.13. The summed E-state index contributed by atoms with van der Waals surface area (Å²) in [5.74, 6) is 0.0113. The van der Waals surface area contributed by atoms with E-state index in [0.29, 0.717) is 31.5 Å². The first-order valence-electron chi connectivity index (χ1n) is 13.6. The molecule has 2 aromatic carbocycles. The second-order valence-corrected chi connectivity index (χ2v) is 11.2. The van der Waals surface area contributed by atoms with Crippen molar-refractivity contribution in [1.29, 1.82) is 0 Å². The molecule has 0 spiro atoms. The van der Waals surface area contributed by atoms with Crippen molar-refractivity contribution in [3.8, 4) is 0 Å². The molecule has 1 aliphatic heterocycles. The van der Waals surface area contributed by atoms with E-state index in [2.05, 4.69) is 16.3 Å². The Bertz CT molecular complexity index is 1240. The maximum Gasteiger partial charge on any atom is 0.417 e. The molecular weight excluding hydrogens is 541 g/mol. The highest BCUT2D eigenvalue weighted by molar-refractivity contribution is 6.31. The Morgan fingerprint density at radius 3 is 2.17 bits per heavy atom. The van der Waals surface area contributed by atoms with Crippen LogP contribution < -0.4 is 5.32 Å². The first kappa shape index (κ1) is 29.9. The highest BCUT2D eigenvalue weighted by atomic mass is 35.5. The number of urea groups is 1. The van der Waals surface area contributed by atoms with E-state index in [1.807, 2.05) is 50.3 Å². The van der Waals surface area contributed by atoms with E-state index in [1.54, 1.807) is 4.90 Å². The summed E-state index contributed by atoms with van der Waals surface area (Å²) in [4.78, 5) is 31.7. The van der Waals surface area contributed by atoms with E-state index in [-0.39, 0.29) is 17.3 Å². The van der Waals surface area contributed by atoms with Crippen LogP contribution in [0.3, 0.4) is 0 Å². The number of rotatable bonds is 5. The Hall–Kier alpha value is -3.04. The molecule has 10 heteroatoms. The van der Waals surface area contributed by atoms with E-state index < -0.39 is 22.8 Å². The van der Waals surface area contributed by atoms with E-state index >= 15 is 0 Å². The number of halogens is 4.